The molecule has 124 valence electrons. The van der Waals surface area contributed by atoms with Crippen molar-refractivity contribution in [2.45, 2.75) is 12.5 Å². The molecule has 1 atom stereocenters. The highest BCUT2D eigenvalue weighted by Gasteiger charge is 2.24. The summed E-state index contributed by atoms with van der Waals surface area (Å²) in [6.45, 7) is 0. The second-order valence-electron chi connectivity index (χ2n) is 5.50. The zero-order chi connectivity index (χ0) is 17.1. The van der Waals surface area contributed by atoms with E-state index in [-0.39, 0.29) is 5.91 Å². The van der Waals surface area contributed by atoms with Gasteiger partial charge >= 0.3 is 5.97 Å². The first-order valence-electron chi connectivity index (χ1n) is 7.55. The van der Waals surface area contributed by atoms with Gasteiger partial charge in [-0.2, -0.15) is 0 Å². The third-order valence-corrected chi connectivity index (χ3v) is 4.82. The summed E-state index contributed by atoms with van der Waals surface area (Å²) in [4.78, 5) is 24.7. The van der Waals surface area contributed by atoms with E-state index in [9.17, 15) is 9.59 Å². The lowest BCUT2D eigenvalue weighted by Gasteiger charge is -2.17. The van der Waals surface area contributed by atoms with Gasteiger partial charge in [0, 0.05) is 13.5 Å². The summed E-state index contributed by atoms with van der Waals surface area (Å²) >= 11 is 1.58. The summed E-state index contributed by atoms with van der Waals surface area (Å²) in [7, 11) is 3.17. The molecule has 6 heteroatoms. The predicted octanol–water partition coefficient (Wildman–Crippen LogP) is 2.75. The predicted molar refractivity (Wildman–Crippen MR) is 94.2 cm³/mol. The zero-order valence-corrected chi connectivity index (χ0v) is 14.3. The Hall–Kier alpha value is -2.60. The van der Waals surface area contributed by atoms with E-state index in [1.807, 2.05) is 59.5 Å². The van der Waals surface area contributed by atoms with Gasteiger partial charge in [0.2, 0.25) is 0 Å². The summed E-state index contributed by atoms with van der Waals surface area (Å²) in [6.07, 6.45) is 0.387. The molecule has 3 aromatic rings. The van der Waals surface area contributed by atoms with Crippen LogP contribution in [-0.2, 0) is 23.0 Å². The standard InChI is InChI=1S/C18H18N2O3S/c1-20-14-8-9-24-16(14)11-15(20)17(21)19-13(18(22)23-2)10-12-6-4-3-5-7-12/h3-9,11,13H,10H2,1-2H3,(H,19,21). The molecule has 0 aliphatic heterocycles. The Morgan fingerprint density at radius 3 is 2.67 bits per heavy atom. The first-order chi connectivity index (χ1) is 11.6. The van der Waals surface area contributed by atoms with E-state index >= 15 is 0 Å². The van der Waals surface area contributed by atoms with Crippen LogP contribution >= 0.6 is 11.3 Å². The topological polar surface area (TPSA) is 60.3 Å². The van der Waals surface area contributed by atoms with E-state index in [2.05, 4.69) is 5.32 Å². The zero-order valence-electron chi connectivity index (χ0n) is 13.5. The first-order valence-corrected chi connectivity index (χ1v) is 8.43. The Bertz CT molecular complexity index is 867. The third kappa shape index (κ3) is 3.19. The van der Waals surface area contributed by atoms with E-state index in [0.717, 1.165) is 15.8 Å². The van der Waals surface area contributed by atoms with Crippen LogP contribution in [0.25, 0.3) is 10.2 Å². The van der Waals surface area contributed by atoms with Gasteiger partial charge in [-0.3, -0.25) is 4.79 Å². The van der Waals surface area contributed by atoms with Crippen LogP contribution in [0.4, 0.5) is 0 Å². The van der Waals surface area contributed by atoms with Gasteiger partial charge in [0.15, 0.2) is 0 Å². The van der Waals surface area contributed by atoms with E-state index in [1.54, 1.807) is 11.3 Å². The molecule has 0 saturated carbocycles. The Kier molecular flexibility index (Phi) is 4.66. The van der Waals surface area contributed by atoms with E-state index in [1.165, 1.54) is 7.11 Å². The molecule has 0 spiro atoms. The summed E-state index contributed by atoms with van der Waals surface area (Å²) in [5.41, 5.74) is 2.49. The van der Waals surface area contributed by atoms with Gasteiger partial charge in [-0.15, -0.1) is 11.3 Å². The van der Waals surface area contributed by atoms with E-state index < -0.39 is 12.0 Å². The number of thiophene rings is 1. The Morgan fingerprint density at radius 1 is 1.25 bits per heavy atom. The van der Waals surface area contributed by atoms with Crippen molar-refractivity contribution >= 4 is 33.4 Å². The minimum absolute atomic E-state index is 0.285. The van der Waals surface area contributed by atoms with Crippen molar-refractivity contribution < 1.29 is 14.3 Å². The molecule has 2 aromatic heterocycles. The molecule has 0 aliphatic carbocycles. The van der Waals surface area contributed by atoms with Crippen LogP contribution in [0.1, 0.15) is 16.1 Å². The van der Waals surface area contributed by atoms with Crippen LogP contribution in [-0.4, -0.2) is 29.6 Å². The van der Waals surface area contributed by atoms with Crippen molar-refractivity contribution in [2.75, 3.05) is 7.11 Å². The van der Waals surface area contributed by atoms with Crippen LogP contribution in [0.5, 0.6) is 0 Å². The maximum atomic E-state index is 12.6. The molecule has 3 rings (SSSR count). The summed E-state index contributed by atoms with van der Waals surface area (Å²) in [5.74, 6) is -0.740. The second kappa shape index (κ2) is 6.88. The molecule has 1 N–H and O–H groups in total. The molecule has 0 saturated heterocycles. The first kappa shape index (κ1) is 16.3. The normalized spacial score (nSPS) is 12.1. The number of esters is 1. The van der Waals surface area contributed by atoms with Crippen LogP contribution in [0.15, 0.2) is 47.8 Å². The van der Waals surface area contributed by atoms with Crippen LogP contribution in [0.3, 0.4) is 0 Å². The van der Waals surface area contributed by atoms with Gasteiger partial charge in [0.05, 0.1) is 17.3 Å². The minimum atomic E-state index is -0.724. The van der Waals surface area contributed by atoms with Crippen LogP contribution in [0.2, 0.25) is 0 Å². The summed E-state index contributed by atoms with van der Waals surface area (Å²) < 4.78 is 7.71. The third-order valence-electron chi connectivity index (χ3n) is 3.97. The lowest BCUT2D eigenvalue weighted by Crippen LogP contribution is -2.43. The number of nitrogens with one attached hydrogen (secondary N) is 1. The lowest BCUT2D eigenvalue weighted by molar-refractivity contribution is -0.142. The fourth-order valence-corrected chi connectivity index (χ4v) is 3.53. The smallest absolute Gasteiger partial charge is 0.328 e. The van der Waals surface area contributed by atoms with Gasteiger partial charge in [-0.25, -0.2) is 4.79 Å². The number of carbonyl (C=O) groups is 2. The number of aromatic nitrogens is 1. The molecular formula is C18H18N2O3S. The van der Waals surface area contributed by atoms with Gasteiger partial charge in [-0.1, -0.05) is 30.3 Å². The van der Waals surface area contributed by atoms with Gasteiger partial charge in [0.25, 0.3) is 5.91 Å². The number of amides is 1. The Balaban J connectivity index is 1.81. The number of ether oxygens (including phenoxy) is 1. The number of fused-ring (bicyclic) bond motifs is 1. The Labute approximate surface area is 143 Å². The average Bonchev–Trinajstić information content (AvgIpc) is 3.17. The van der Waals surface area contributed by atoms with Crippen LogP contribution < -0.4 is 5.32 Å². The molecule has 5 nitrogen and oxygen atoms in total. The molecule has 0 aliphatic rings. The largest absolute Gasteiger partial charge is 0.467 e. The minimum Gasteiger partial charge on any atom is -0.467 e. The molecule has 0 radical (unpaired) electrons. The maximum Gasteiger partial charge on any atom is 0.328 e. The van der Waals surface area contributed by atoms with Crippen molar-refractivity contribution in [3.8, 4) is 0 Å². The van der Waals surface area contributed by atoms with Crippen LogP contribution in [0, 0.1) is 0 Å². The number of hydrogen-bond acceptors (Lipinski definition) is 4. The fraction of sp³-hybridized carbons (Fsp3) is 0.222. The lowest BCUT2D eigenvalue weighted by atomic mass is 10.1. The average molecular weight is 342 g/mol. The number of aryl methyl sites for hydroxylation is 1. The molecule has 1 aromatic carbocycles. The number of carbonyl (C=O) groups excluding carboxylic acids is 2. The number of rotatable bonds is 5. The van der Waals surface area contributed by atoms with E-state index in [4.69, 9.17) is 4.74 Å². The van der Waals surface area contributed by atoms with Crippen molar-refractivity contribution in [1.82, 2.24) is 9.88 Å². The molecule has 2 heterocycles. The van der Waals surface area contributed by atoms with Gasteiger partial charge in [-0.05, 0) is 23.1 Å². The molecule has 0 fully saturated rings. The summed E-state index contributed by atoms with van der Waals surface area (Å²) in [6, 6.07) is 12.6. The number of methoxy groups -OCH3 is 1. The summed E-state index contributed by atoms with van der Waals surface area (Å²) in [5, 5.41) is 4.78. The van der Waals surface area contributed by atoms with E-state index in [0.29, 0.717) is 12.1 Å². The second-order valence-corrected chi connectivity index (χ2v) is 6.45. The number of nitrogens with zero attached hydrogens (tertiary/aromatic N) is 1. The SMILES string of the molecule is COC(=O)C(Cc1ccccc1)NC(=O)c1cc2sccc2n1C. The maximum absolute atomic E-state index is 12.6. The monoisotopic (exact) mass is 342 g/mol. The molecule has 0 bridgehead atoms. The van der Waals surface area contributed by atoms with Gasteiger partial charge < -0.3 is 14.6 Å². The highest BCUT2D eigenvalue weighted by Crippen LogP contribution is 2.24. The highest BCUT2D eigenvalue weighted by atomic mass is 32.1. The number of hydrogen-bond donors (Lipinski definition) is 1. The van der Waals surface area contributed by atoms with Crippen molar-refractivity contribution in [3.05, 3.63) is 59.1 Å². The van der Waals surface area contributed by atoms with Crippen molar-refractivity contribution in [3.63, 3.8) is 0 Å². The fourth-order valence-electron chi connectivity index (χ4n) is 2.69. The molecule has 1 amide bonds. The quantitative estimate of drug-likeness (QED) is 0.725. The highest BCUT2D eigenvalue weighted by molar-refractivity contribution is 7.17. The number of benzene rings is 1. The molecule has 24 heavy (non-hydrogen) atoms. The van der Waals surface area contributed by atoms with Gasteiger partial charge in [0.1, 0.15) is 11.7 Å². The van der Waals surface area contributed by atoms with Crippen molar-refractivity contribution in [2.24, 2.45) is 7.05 Å². The molecular weight excluding hydrogens is 324 g/mol. The Morgan fingerprint density at radius 2 is 2.00 bits per heavy atom. The van der Waals surface area contributed by atoms with Crippen molar-refractivity contribution in [1.29, 1.82) is 0 Å². The molecule has 1 unspecified atom stereocenters.